The average molecular weight is 358 g/mol. The summed E-state index contributed by atoms with van der Waals surface area (Å²) in [6.07, 6.45) is 1.29. The Balaban J connectivity index is 1.35. The van der Waals surface area contributed by atoms with Gasteiger partial charge in [0.1, 0.15) is 13.2 Å². The molecule has 5 nitrogen and oxygen atoms in total. The Morgan fingerprint density at radius 1 is 1.08 bits per heavy atom. The van der Waals surface area contributed by atoms with E-state index in [0.29, 0.717) is 26.2 Å². The third-order valence-electron chi connectivity index (χ3n) is 3.83. The van der Waals surface area contributed by atoms with Gasteiger partial charge in [-0.3, -0.25) is 4.79 Å². The molecule has 0 aromatic heterocycles. The highest BCUT2D eigenvalue weighted by atomic mass is 32.2. The first-order valence-electron chi connectivity index (χ1n) is 8.34. The van der Waals surface area contributed by atoms with Crippen molar-refractivity contribution in [3.8, 4) is 11.5 Å². The lowest BCUT2D eigenvalue weighted by molar-refractivity contribution is -0.120. The fraction of sp³-hybridized carbons (Fsp3) is 0.316. The zero-order chi connectivity index (χ0) is 17.5. The van der Waals surface area contributed by atoms with Crippen molar-refractivity contribution in [3.63, 3.8) is 0 Å². The van der Waals surface area contributed by atoms with E-state index in [1.54, 1.807) is 11.8 Å². The third-order valence-corrected chi connectivity index (χ3v) is 4.82. The molecule has 0 spiro atoms. The number of ether oxygens (including phenoxy) is 2. The lowest BCUT2D eigenvalue weighted by Gasteiger charge is -2.18. The molecule has 0 bridgehead atoms. The first-order valence-corrected chi connectivity index (χ1v) is 9.33. The van der Waals surface area contributed by atoms with E-state index in [2.05, 4.69) is 5.32 Å². The molecule has 3 rings (SSSR count). The first kappa shape index (κ1) is 17.5. The summed E-state index contributed by atoms with van der Waals surface area (Å²) in [6.45, 7) is 1.81. The smallest absolute Gasteiger partial charge is 0.220 e. The SMILES string of the molecule is Nc1ccc(CCNC(=O)CCSc2ccc3c(c2)OCCO3)cc1. The van der Waals surface area contributed by atoms with Crippen molar-refractivity contribution in [2.24, 2.45) is 0 Å². The number of thioether (sulfide) groups is 1. The molecule has 1 amide bonds. The monoisotopic (exact) mass is 358 g/mol. The van der Waals surface area contributed by atoms with Crippen LogP contribution in [0, 0.1) is 0 Å². The molecule has 1 aliphatic heterocycles. The summed E-state index contributed by atoms with van der Waals surface area (Å²) in [6, 6.07) is 13.6. The Bertz CT molecular complexity index is 719. The molecule has 2 aromatic carbocycles. The van der Waals surface area contributed by atoms with Crippen molar-refractivity contribution in [1.29, 1.82) is 0 Å². The molecule has 0 radical (unpaired) electrons. The van der Waals surface area contributed by atoms with Gasteiger partial charge in [-0.1, -0.05) is 12.1 Å². The number of hydrogen-bond acceptors (Lipinski definition) is 5. The number of benzene rings is 2. The van der Waals surface area contributed by atoms with Crippen LogP contribution in [-0.4, -0.2) is 31.4 Å². The Kier molecular flexibility index (Phi) is 6.06. The molecule has 1 heterocycles. The normalized spacial score (nSPS) is 12.6. The van der Waals surface area contributed by atoms with Crippen LogP contribution in [0.25, 0.3) is 0 Å². The lowest BCUT2D eigenvalue weighted by Crippen LogP contribution is -2.25. The number of nitrogen functional groups attached to an aromatic ring is 1. The Morgan fingerprint density at radius 2 is 1.84 bits per heavy atom. The lowest BCUT2D eigenvalue weighted by atomic mass is 10.1. The zero-order valence-electron chi connectivity index (χ0n) is 14.0. The second-order valence-corrected chi connectivity index (χ2v) is 6.91. The van der Waals surface area contributed by atoms with Gasteiger partial charge in [-0.05, 0) is 42.3 Å². The van der Waals surface area contributed by atoms with Crippen LogP contribution < -0.4 is 20.5 Å². The summed E-state index contributed by atoms with van der Waals surface area (Å²) in [7, 11) is 0. The van der Waals surface area contributed by atoms with Crippen LogP contribution in [0.1, 0.15) is 12.0 Å². The number of nitrogens with one attached hydrogen (secondary N) is 1. The van der Waals surface area contributed by atoms with Crippen LogP contribution in [0.5, 0.6) is 11.5 Å². The van der Waals surface area contributed by atoms with Gasteiger partial charge in [-0.25, -0.2) is 0 Å². The minimum Gasteiger partial charge on any atom is -0.486 e. The molecule has 6 heteroatoms. The van der Waals surface area contributed by atoms with E-state index in [-0.39, 0.29) is 5.91 Å². The van der Waals surface area contributed by atoms with E-state index >= 15 is 0 Å². The van der Waals surface area contributed by atoms with Crippen LogP contribution in [0.2, 0.25) is 0 Å². The minimum atomic E-state index is 0.0699. The predicted octanol–water partition coefficient (Wildman–Crippen LogP) is 2.88. The maximum atomic E-state index is 11.9. The standard InChI is InChI=1S/C19H22N2O3S/c20-15-3-1-14(2-4-15)7-9-21-19(22)8-12-25-16-5-6-17-18(13-16)24-11-10-23-17/h1-6,13H,7-12,20H2,(H,21,22). The fourth-order valence-electron chi connectivity index (χ4n) is 2.49. The highest BCUT2D eigenvalue weighted by Gasteiger charge is 2.12. The number of rotatable bonds is 7. The first-order chi connectivity index (χ1) is 12.2. The quantitative estimate of drug-likeness (QED) is 0.588. The van der Waals surface area contributed by atoms with Crippen molar-refractivity contribution >= 4 is 23.4 Å². The van der Waals surface area contributed by atoms with Crippen molar-refractivity contribution in [3.05, 3.63) is 48.0 Å². The van der Waals surface area contributed by atoms with Crippen molar-refractivity contribution in [2.45, 2.75) is 17.7 Å². The molecule has 132 valence electrons. The molecule has 0 saturated carbocycles. The van der Waals surface area contributed by atoms with Gasteiger partial charge in [0.25, 0.3) is 0 Å². The molecule has 0 aliphatic carbocycles. The Hall–Kier alpha value is -2.34. The molecule has 0 fully saturated rings. The second-order valence-electron chi connectivity index (χ2n) is 5.75. The number of hydrogen-bond donors (Lipinski definition) is 2. The predicted molar refractivity (Wildman–Crippen MR) is 100 cm³/mol. The van der Waals surface area contributed by atoms with Crippen LogP contribution in [0.4, 0.5) is 5.69 Å². The summed E-state index contributed by atoms with van der Waals surface area (Å²) < 4.78 is 11.1. The second kappa shape index (κ2) is 8.67. The molecule has 25 heavy (non-hydrogen) atoms. The van der Waals surface area contributed by atoms with E-state index in [1.807, 2.05) is 42.5 Å². The van der Waals surface area contributed by atoms with E-state index in [4.69, 9.17) is 15.2 Å². The highest BCUT2D eigenvalue weighted by Crippen LogP contribution is 2.34. The molecular formula is C19H22N2O3S. The third kappa shape index (κ3) is 5.32. The van der Waals surface area contributed by atoms with Crippen LogP contribution >= 0.6 is 11.8 Å². The van der Waals surface area contributed by atoms with E-state index in [9.17, 15) is 4.79 Å². The summed E-state index contributed by atoms with van der Waals surface area (Å²) in [5.41, 5.74) is 7.58. The van der Waals surface area contributed by atoms with Gasteiger partial charge in [-0.2, -0.15) is 0 Å². The molecule has 0 unspecified atom stereocenters. The van der Waals surface area contributed by atoms with Gasteiger partial charge in [0.05, 0.1) is 0 Å². The average Bonchev–Trinajstić information content (AvgIpc) is 2.63. The van der Waals surface area contributed by atoms with Crippen LogP contribution in [-0.2, 0) is 11.2 Å². The summed E-state index contributed by atoms with van der Waals surface area (Å²) in [5, 5.41) is 2.95. The Morgan fingerprint density at radius 3 is 2.64 bits per heavy atom. The molecule has 0 saturated heterocycles. The molecule has 2 aromatic rings. The van der Waals surface area contributed by atoms with E-state index in [0.717, 1.165) is 34.3 Å². The number of anilines is 1. The number of carbonyl (C=O) groups excluding carboxylic acids is 1. The van der Waals surface area contributed by atoms with E-state index < -0.39 is 0 Å². The molecule has 1 aliphatic rings. The number of fused-ring (bicyclic) bond motifs is 1. The molecular weight excluding hydrogens is 336 g/mol. The van der Waals surface area contributed by atoms with E-state index in [1.165, 1.54) is 5.56 Å². The maximum absolute atomic E-state index is 11.9. The molecule has 3 N–H and O–H groups in total. The summed E-state index contributed by atoms with van der Waals surface area (Å²) in [5.74, 6) is 2.37. The highest BCUT2D eigenvalue weighted by molar-refractivity contribution is 7.99. The number of amides is 1. The van der Waals surface area contributed by atoms with Gasteiger partial charge >= 0.3 is 0 Å². The van der Waals surface area contributed by atoms with Gasteiger partial charge in [0.2, 0.25) is 5.91 Å². The van der Waals surface area contributed by atoms with Crippen LogP contribution in [0.15, 0.2) is 47.4 Å². The largest absolute Gasteiger partial charge is 0.486 e. The summed E-state index contributed by atoms with van der Waals surface area (Å²) in [4.78, 5) is 13.0. The van der Waals surface area contributed by atoms with Gasteiger partial charge in [0.15, 0.2) is 11.5 Å². The van der Waals surface area contributed by atoms with Crippen molar-refractivity contribution in [2.75, 3.05) is 31.2 Å². The van der Waals surface area contributed by atoms with Crippen molar-refractivity contribution < 1.29 is 14.3 Å². The van der Waals surface area contributed by atoms with Gasteiger partial charge < -0.3 is 20.5 Å². The van der Waals surface area contributed by atoms with Gasteiger partial charge in [0, 0.05) is 29.3 Å². The Labute approximate surface area is 151 Å². The summed E-state index contributed by atoms with van der Waals surface area (Å²) >= 11 is 1.64. The van der Waals surface area contributed by atoms with Crippen molar-refractivity contribution in [1.82, 2.24) is 5.32 Å². The zero-order valence-corrected chi connectivity index (χ0v) is 14.8. The molecule has 0 atom stereocenters. The van der Waals surface area contributed by atoms with Crippen LogP contribution in [0.3, 0.4) is 0 Å². The topological polar surface area (TPSA) is 73.6 Å². The van der Waals surface area contributed by atoms with Gasteiger partial charge in [-0.15, -0.1) is 11.8 Å². The number of nitrogens with two attached hydrogens (primary N) is 1. The fourth-order valence-corrected chi connectivity index (χ4v) is 3.37. The maximum Gasteiger partial charge on any atom is 0.220 e. The number of carbonyl (C=O) groups is 1. The minimum absolute atomic E-state index is 0.0699.